The molecular weight excluding hydrogens is 330 g/mol. The standard InChI is InChI=1S/C18H18ClNO4/c1-12(18(22)20-15-7-5-14(19)6-8-15)24-17(21)11-13-3-9-16(23-2)10-4-13/h3-10,12H,11H2,1-2H3,(H,20,22)/t12-/m0/s1. The average molecular weight is 348 g/mol. The van der Waals surface area contributed by atoms with Gasteiger partial charge in [-0.3, -0.25) is 9.59 Å². The van der Waals surface area contributed by atoms with Crippen molar-refractivity contribution < 1.29 is 19.1 Å². The van der Waals surface area contributed by atoms with Crippen LogP contribution in [-0.2, 0) is 20.7 Å². The number of esters is 1. The van der Waals surface area contributed by atoms with E-state index in [-0.39, 0.29) is 6.42 Å². The minimum Gasteiger partial charge on any atom is -0.497 e. The number of nitrogens with one attached hydrogen (secondary N) is 1. The highest BCUT2D eigenvalue weighted by atomic mass is 35.5. The lowest BCUT2D eigenvalue weighted by atomic mass is 10.1. The summed E-state index contributed by atoms with van der Waals surface area (Å²) in [5.41, 5.74) is 1.37. The summed E-state index contributed by atoms with van der Waals surface area (Å²) in [6.45, 7) is 1.52. The van der Waals surface area contributed by atoms with E-state index >= 15 is 0 Å². The van der Waals surface area contributed by atoms with E-state index in [0.29, 0.717) is 16.5 Å². The van der Waals surface area contributed by atoms with Crippen LogP contribution in [-0.4, -0.2) is 25.1 Å². The van der Waals surface area contributed by atoms with Crippen LogP contribution in [0.1, 0.15) is 12.5 Å². The highest BCUT2D eigenvalue weighted by Gasteiger charge is 2.18. The third kappa shape index (κ3) is 5.28. The Kier molecular flexibility index (Phi) is 6.21. The first kappa shape index (κ1) is 17.8. The predicted octanol–water partition coefficient (Wildman–Crippen LogP) is 3.46. The number of benzene rings is 2. The zero-order valence-corrected chi connectivity index (χ0v) is 14.2. The predicted molar refractivity (Wildman–Crippen MR) is 92.3 cm³/mol. The summed E-state index contributed by atoms with van der Waals surface area (Å²) in [6.07, 6.45) is -0.811. The molecule has 0 fully saturated rings. The van der Waals surface area contributed by atoms with Crippen molar-refractivity contribution in [2.24, 2.45) is 0 Å². The molecule has 0 heterocycles. The van der Waals surface area contributed by atoms with Crippen molar-refractivity contribution in [2.45, 2.75) is 19.4 Å². The minimum absolute atomic E-state index is 0.0859. The fraction of sp³-hybridized carbons (Fsp3) is 0.222. The summed E-state index contributed by atoms with van der Waals surface area (Å²) in [5, 5.41) is 3.24. The number of anilines is 1. The molecule has 0 aromatic heterocycles. The van der Waals surface area contributed by atoms with Crippen LogP contribution in [0.2, 0.25) is 5.02 Å². The Morgan fingerprint density at radius 2 is 1.71 bits per heavy atom. The minimum atomic E-state index is -0.897. The van der Waals surface area contributed by atoms with Gasteiger partial charge in [0.1, 0.15) is 5.75 Å². The Balaban J connectivity index is 1.85. The Morgan fingerprint density at radius 1 is 1.08 bits per heavy atom. The smallest absolute Gasteiger partial charge is 0.311 e. The van der Waals surface area contributed by atoms with Crippen molar-refractivity contribution >= 4 is 29.2 Å². The quantitative estimate of drug-likeness (QED) is 0.813. The van der Waals surface area contributed by atoms with Gasteiger partial charge in [0.15, 0.2) is 6.10 Å². The summed E-state index contributed by atoms with van der Waals surface area (Å²) in [7, 11) is 1.57. The van der Waals surface area contributed by atoms with Crippen molar-refractivity contribution in [2.75, 3.05) is 12.4 Å². The lowest BCUT2D eigenvalue weighted by molar-refractivity contribution is -0.152. The van der Waals surface area contributed by atoms with Crippen molar-refractivity contribution in [1.82, 2.24) is 0 Å². The lowest BCUT2D eigenvalue weighted by Crippen LogP contribution is -2.30. The van der Waals surface area contributed by atoms with Gasteiger partial charge in [0.25, 0.3) is 5.91 Å². The normalized spacial score (nSPS) is 11.5. The lowest BCUT2D eigenvalue weighted by Gasteiger charge is -2.13. The maximum atomic E-state index is 12.0. The fourth-order valence-electron chi connectivity index (χ4n) is 1.98. The van der Waals surface area contributed by atoms with E-state index in [4.69, 9.17) is 21.1 Å². The highest BCUT2D eigenvalue weighted by molar-refractivity contribution is 6.30. The average Bonchev–Trinajstić information content (AvgIpc) is 2.57. The van der Waals surface area contributed by atoms with E-state index in [1.807, 2.05) is 0 Å². The summed E-state index contributed by atoms with van der Waals surface area (Å²) in [4.78, 5) is 24.0. The summed E-state index contributed by atoms with van der Waals surface area (Å²) < 4.78 is 10.2. The van der Waals surface area contributed by atoms with Gasteiger partial charge in [-0.2, -0.15) is 0 Å². The van der Waals surface area contributed by atoms with Crippen LogP contribution >= 0.6 is 11.6 Å². The molecule has 2 rings (SSSR count). The van der Waals surface area contributed by atoms with Crippen LogP contribution in [0.15, 0.2) is 48.5 Å². The SMILES string of the molecule is COc1ccc(CC(=O)O[C@@H](C)C(=O)Nc2ccc(Cl)cc2)cc1. The van der Waals surface area contributed by atoms with Gasteiger partial charge in [0.05, 0.1) is 13.5 Å². The second-order valence-electron chi connectivity index (χ2n) is 5.15. The van der Waals surface area contributed by atoms with E-state index in [1.54, 1.807) is 55.6 Å². The summed E-state index contributed by atoms with van der Waals surface area (Å²) in [6, 6.07) is 13.8. The first-order valence-electron chi connectivity index (χ1n) is 7.37. The third-order valence-corrected chi connectivity index (χ3v) is 3.55. The molecule has 0 unspecified atom stereocenters. The van der Waals surface area contributed by atoms with Crippen LogP contribution in [0, 0.1) is 0 Å². The number of hydrogen-bond donors (Lipinski definition) is 1. The molecule has 5 nitrogen and oxygen atoms in total. The Bertz CT molecular complexity index is 698. The first-order valence-corrected chi connectivity index (χ1v) is 7.74. The molecule has 0 aliphatic heterocycles. The number of carbonyl (C=O) groups excluding carboxylic acids is 2. The largest absolute Gasteiger partial charge is 0.497 e. The van der Waals surface area contributed by atoms with Crippen LogP contribution in [0.4, 0.5) is 5.69 Å². The zero-order chi connectivity index (χ0) is 17.5. The molecule has 0 radical (unpaired) electrons. The molecule has 24 heavy (non-hydrogen) atoms. The van der Waals surface area contributed by atoms with Crippen molar-refractivity contribution in [3.05, 3.63) is 59.1 Å². The van der Waals surface area contributed by atoms with Gasteiger partial charge in [0.2, 0.25) is 0 Å². The second kappa shape index (κ2) is 8.36. The maximum absolute atomic E-state index is 12.0. The monoisotopic (exact) mass is 347 g/mol. The van der Waals surface area contributed by atoms with Crippen molar-refractivity contribution in [1.29, 1.82) is 0 Å². The molecule has 1 amide bonds. The third-order valence-electron chi connectivity index (χ3n) is 3.30. The number of hydrogen-bond acceptors (Lipinski definition) is 4. The molecule has 0 aliphatic carbocycles. The molecule has 2 aromatic rings. The molecule has 0 bridgehead atoms. The number of rotatable bonds is 6. The molecule has 0 aliphatic rings. The topological polar surface area (TPSA) is 64.6 Å². The molecule has 2 aromatic carbocycles. The maximum Gasteiger partial charge on any atom is 0.311 e. The number of carbonyl (C=O) groups is 2. The Hall–Kier alpha value is -2.53. The van der Waals surface area contributed by atoms with Crippen molar-refractivity contribution in [3.63, 3.8) is 0 Å². The number of ether oxygens (including phenoxy) is 2. The summed E-state index contributed by atoms with van der Waals surface area (Å²) >= 11 is 5.79. The molecule has 0 spiro atoms. The molecule has 6 heteroatoms. The fourth-order valence-corrected chi connectivity index (χ4v) is 2.11. The Morgan fingerprint density at radius 3 is 2.29 bits per heavy atom. The van der Waals surface area contributed by atoms with Crippen LogP contribution in [0.5, 0.6) is 5.75 Å². The van der Waals surface area contributed by atoms with E-state index in [2.05, 4.69) is 5.32 Å². The first-order chi connectivity index (χ1) is 11.5. The molecule has 126 valence electrons. The van der Waals surface area contributed by atoms with Gasteiger partial charge in [-0.15, -0.1) is 0 Å². The summed E-state index contributed by atoms with van der Waals surface area (Å²) in [5.74, 6) is -0.165. The highest BCUT2D eigenvalue weighted by Crippen LogP contribution is 2.15. The number of halogens is 1. The van der Waals surface area contributed by atoms with Crippen LogP contribution in [0.25, 0.3) is 0 Å². The molecule has 1 atom stereocenters. The zero-order valence-electron chi connectivity index (χ0n) is 13.4. The van der Waals surface area contributed by atoms with Gasteiger partial charge in [0, 0.05) is 10.7 Å². The Labute approximate surface area is 145 Å². The molecule has 0 saturated heterocycles. The van der Waals surface area contributed by atoms with E-state index in [0.717, 1.165) is 5.56 Å². The second-order valence-corrected chi connectivity index (χ2v) is 5.59. The van der Waals surface area contributed by atoms with E-state index < -0.39 is 18.0 Å². The number of methoxy groups -OCH3 is 1. The van der Waals surface area contributed by atoms with Gasteiger partial charge in [-0.05, 0) is 48.9 Å². The van der Waals surface area contributed by atoms with Crippen LogP contribution in [0.3, 0.4) is 0 Å². The molecule has 1 N–H and O–H groups in total. The van der Waals surface area contributed by atoms with Gasteiger partial charge in [-0.25, -0.2) is 0 Å². The van der Waals surface area contributed by atoms with Gasteiger partial charge >= 0.3 is 5.97 Å². The van der Waals surface area contributed by atoms with E-state index in [1.165, 1.54) is 6.92 Å². The van der Waals surface area contributed by atoms with Gasteiger partial charge in [-0.1, -0.05) is 23.7 Å². The van der Waals surface area contributed by atoms with Crippen molar-refractivity contribution in [3.8, 4) is 5.75 Å². The van der Waals surface area contributed by atoms with Crippen LogP contribution < -0.4 is 10.1 Å². The van der Waals surface area contributed by atoms with Gasteiger partial charge < -0.3 is 14.8 Å². The molecular formula is C18H18ClNO4. The van der Waals surface area contributed by atoms with E-state index in [9.17, 15) is 9.59 Å². The molecule has 0 saturated carbocycles. The number of amides is 1.